The van der Waals surface area contributed by atoms with Crippen LogP contribution in [0.2, 0.25) is 0 Å². The van der Waals surface area contributed by atoms with Gasteiger partial charge in [0.2, 0.25) is 0 Å². The highest BCUT2D eigenvalue weighted by Crippen LogP contribution is 2.74. The molecule has 0 heterocycles. The van der Waals surface area contributed by atoms with Gasteiger partial charge in [0, 0.05) is 16.7 Å². The summed E-state index contributed by atoms with van der Waals surface area (Å²) < 4.78 is 828. The standard InChI is InChI=1S/C93H95F57/c1-4-6-48-11-15-50(16-12-48)44-65(59-27-23-54(24-28-59)57-33-41-63(42-34-57)69(98,99)72(104,105)75(110,111)78(116,117)81(122,123)84(128,129)87(134,135)90(140,141)93(148,149)150)66(60-35-7-46(3)8-36-60,45-51-17-19-52(20-18-51)55-29-37-61(38-30-55)67(94,95)70(100,101)73(106,107)76(112,113)79(118,119)82(124,125)85(130,131)88(136,137)91(142,143)144)64(43-49-13-9-47(5-2)10-14-49)58-25-21-53(22-26-58)56-31-39-62(40-32-56)68(96,97)71(102,103)74(108,109)77(114,115)80(120,121)83(126,127)86(132,133)89(138,139)92(145,146)147/h29-34,37-42,46-54,58-60,64-65H,4-28,35-36,43-45H2,1-3H3/t46-,47-,48-,49-,50-,51-,52-,53-,54-,58-,59-,60-,64?,65?,66?. The molecule has 0 radical (unpaired) electrons. The Hall–Kier alpha value is -6.33. The van der Waals surface area contributed by atoms with E-state index in [0.717, 1.165) is 6.42 Å². The molecule has 0 aliphatic heterocycles. The van der Waals surface area contributed by atoms with Gasteiger partial charge in [0.05, 0.1) is 0 Å². The van der Waals surface area contributed by atoms with Crippen molar-refractivity contribution in [3.8, 4) is 0 Å². The largest absolute Gasteiger partial charge is 0.460 e. The van der Waals surface area contributed by atoms with Gasteiger partial charge in [0.25, 0.3) is 0 Å². The smallest absolute Gasteiger partial charge is 0.194 e. The first-order chi connectivity index (χ1) is 67.3. The second-order valence-corrected chi connectivity index (χ2v) is 41.0. The third kappa shape index (κ3) is 20.1. The van der Waals surface area contributed by atoms with E-state index in [1.54, 1.807) is 0 Å². The Morgan fingerprint density at radius 2 is 0.400 bits per heavy atom. The van der Waals surface area contributed by atoms with E-state index in [9.17, 15) is 154 Å². The van der Waals surface area contributed by atoms with E-state index in [0.29, 0.717) is 139 Å². The molecule has 0 N–H and O–H groups in total. The van der Waals surface area contributed by atoms with Gasteiger partial charge in [-0.1, -0.05) is 177 Å². The van der Waals surface area contributed by atoms with Crippen molar-refractivity contribution in [1.29, 1.82) is 0 Å². The highest BCUT2D eigenvalue weighted by molar-refractivity contribution is 5.36. The van der Waals surface area contributed by atoms with Crippen molar-refractivity contribution >= 4 is 0 Å². The molecule has 0 nitrogen and oxygen atoms in total. The van der Waals surface area contributed by atoms with E-state index < -0.39 is 236 Å². The molecule has 0 aromatic heterocycles. The van der Waals surface area contributed by atoms with Gasteiger partial charge in [-0.3, -0.25) is 0 Å². The molecular formula is C93H95F57. The zero-order valence-corrected chi connectivity index (χ0v) is 77.8. The zero-order valence-electron chi connectivity index (χ0n) is 77.8. The number of alkyl halides is 57. The fourth-order valence-corrected chi connectivity index (χ4v) is 23.0. The summed E-state index contributed by atoms with van der Waals surface area (Å²) >= 11 is 0. The van der Waals surface area contributed by atoms with E-state index in [4.69, 9.17) is 0 Å². The molecule has 6 fully saturated rings. The summed E-state index contributed by atoms with van der Waals surface area (Å²) in [5.74, 6) is -215. The van der Waals surface area contributed by atoms with Crippen LogP contribution in [-0.2, 0) is 17.8 Å². The van der Waals surface area contributed by atoms with Crippen molar-refractivity contribution in [2.24, 2.45) is 70.5 Å². The number of rotatable bonds is 41. The van der Waals surface area contributed by atoms with Crippen LogP contribution >= 0.6 is 0 Å². The quantitative estimate of drug-likeness (QED) is 0.0497. The topological polar surface area (TPSA) is 0 Å². The fraction of sp³-hybridized carbons (Fsp3) is 0.806. The summed E-state index contributed by atoms with van der Waals surface area (Å²) in [4.78, 5) is 0. The molecule has 0 saturated heterocycles. The fourth-order valence-electron chi connectivity index (χ4n) is 23.0. The molecule has 0 bridgehead atoms. The average molecular weight is 2300 g/mol. The number of hydrogen-bond acceptors (Lipinski definition) is 0. The molecule has 6 saturated carbocycles. The number of halogens is 57. The molecule has 3 unspecified atom stereocenters. The maximum absolute atomic E-state index is 16.0. The van der Waals surface area contributed by atoms with Crippen molar-refractivity contribution in [1.82, 2.24) is 0 Å². The van der Waals surface area contributed by atoms with Crippen LogP contribution in [0.25, 0.3) is 0 Å². The lowest BCUT2D eigenvalue weighted by molar-refractivity contribution is -0.469. The molecule has 3 atom stereocenters. The lowest BCUT2D eigenvalue weighted by Gasteiger charge is -2.61. The van der Waals surface area contributed by atoms with Gasteiger partial charge in [-0.25, -0.2) is 0 Å². The molecule has 3 aromatic carbocycles. The van der Waals surface area contributed by atoms with Gasteiger partial charge in [-0.05, 0) is 214 Å². The molecule has 866 valence electrons. The summed E-state index contributed by atoms with van der Waals surface area (Å²) in [6.07, 6.45) is -16.0. The first-order valence-corrected chi connectivity index (χ1v) is 46.9. The molecule has 150 heavy (non-hydrogen) atoms. The Morgan fingerprint density at radius 3 is 0.613 bits per heavy atom. The van der Waals surface area contributed by atoms with Crippen molar-refractivity contribution in [2.45, 2.75) is 392 Å². The van der Waals surface area contributed by atoms with Crippen molar-refractivity contribution < 1.29 is 250 Å². The summed E-state index contributed by atoms with van der Waals surface area (Å²) in [5.41, 5.74) is -9.58. The van der Waals surface area contributed by atoms with E-state index in [1.165, 1.54) is 0 Å². The van der Waals surface area contributed by atoms with Gasteiger partial charge < -0.3 is 0 Å². The Morgan fingerprint density at radius 1 is 0.207 bits per heavy atom. The van der Waals surface area contributed by atoms with Gasteiger partial charge in [-0.15, -0.1) is 0 Å². The highest BCUT2D eigenvalue weighted by atomic mass is 19.5. The zero-order chi connectivity index (χ0) is 115. The first kappa shape index (κ1) is 127. The van der Waals surface area contributed by atoms with Gasteiger partial charge in [0.1, 0.15) is 0 Å². The number of hydrogen-bond donors (Lipinski definition) is 0. The Bertz CT molecular complexity index is 4910. The second kappa shape index (κ2) is 41.2. The normalized spacial score (nSPS) is 25.5. The van der Waals surface area contributed by atoms with Crippen LogP contribution < -0.4 is 0 Å². The molecular weight excluding hydrogens is 2200 g/mol. The van der Waals surface area contributed by atoms with Gasteiger partial charge in [-0.2, -0.15) is 250 Å². The lowest BCUT2D eigenvalue weighted by Crippen LogP contribution is -2.75. The van der Waals surface area contributed by atoms with Crippen molar-refractivity contribution in [3.63, 3.8) is 0 Å². The molecule has 6 aliphatic rings. The summed E-state index contributed by atoms with van der Waals surface area (Å²) in [7, 11) is 0. The minimum atomic E-state index is -9.24. The van der Waals surface area contributed by atoms with Crippen molar-refractivity contribution in [2.75, 3.05) is 0 Å². The summed E-state index contributed by atoms with van der Waals surface area (Å²) in [6.45, 7) is 5.68. The molecule has 9 rings (SSSR count). The van der Waals surface area contributed by atoms with E-state index in [2.05, 4.69) is 0 Å². The third-order valence-corrected chi connectivity index (χ3v) is 32.3. The molecule has 0 spiro atoms. The predicted octanol–water partition coefficient (Wildman–Crippen LogP) is 38.3. The lowest BCUT2D eigenvalue weighted by atomic mass is 9.44. The van der Waals surface area contributed by atoms with Gasteiger partial charge in [0.15, 0.2) is 0 Å². The van der Waals surface area contributed by atoms with E-state index in [-0.39, 0.29) is 166 Å². The van der Waals surface area contributed by atoms with Crippen LogP contribution in [0.3, 0.4) is 0 Å². The Labute approximate surface area is 816 Å². The third-order valence-electron chi connectivity index (χ3n) is 32.3. The predicted molar refractivity (Wildman–Crippen MR) is 418 cm³/mol. The molecule has 0 amide bonds. The Balaban J connectivity index is 1.14. The average Bonchev–Trinajstić information content (AvgIpc) is 0.694. The van der Waals surface area contributed by atoms with Crippen LogP contribution in [0.4, 0.5) is 250 Å². The maximum Gasteiger partial charge on any atom is 0.460 e. The van der Waals surface area contributed by atoms with E-state index >= 15 is 96.6 Å². The minimum absolute atomic E-state index is 0.00670. The monoisotopic (exact) mass is 2290 g/mol. The summed E-state index contributed by atoms with van der Waals surface area (Å²) in [5, 5.41) is 0. The van der Waals surface area contributed by atoms with Gasteiger partial charge >= 0.3 is 161 Å². The SMILES string of the molecule is CCC[C@H]1CC[C@H](CC([C@H]2CC[C@H](c3ccc(C(F)(F)C(F)(F)C(F)(F)C(F)(F)C(F)(F)C(F)(F)C(F)(F)C(F)(F)C(F)(F)F)cc3)CC2)C(C[C@H]2CC[C@H](c3ccc(C(F)(F)C(F)(F)C(F)(F)C(F)(F)C(F)(F)C(F)(F)C(F)(F)C(F)(F)C(F)(F)F)cc3)CC2)(C(C[C@H]2CC[C@H](CC)CC2)[C@H]2CC[C@H](c3ccc(C(F)(F)C(F)(F)C(F)(F)C(F)(F)C(F)(F)C(F)(F)C(F)(F)C(F)(F)C(F)(F)F)cc3)CC2)[C@H]2CC[C@H](C)CC2)CC1. The minimum Gasteiger partial charge on any atom is -0.194 e. The first-order valence-electron chi connectivity index (χ1n) is 46.9. The maximum atomic E-state index is 16.0. The highest BCUT2D eigenvalue weighted by Gasteiger charge is 3.01. The van der Waals surface area contributed by atoms with Crippen LogP contribution in [-0.4, -0.2) is 143 Å². The van der Waals surface area contributed by atoms with E-state index in [1.807, 2.05) is 20.8 Å². The van der Waals surface area contributed by atoms with Crippen LogP contribution in [0.15, 0.2) is 72.8 Å². The number of benzene rings is 3. The molecule has 6 aliphatic carbocycles. The molecule has 57 heteroatoms. The summed E-state index contributed by atoms with van der Waals surface area (Å²) in [6, 6.07) is 1.34. The van der Waals surface area contributed by atoms with Crippen LogP contribution in [0, 0.1) is 70.5 Å². The Kier molecular flexibility index (Phi) is 34.9. The molecule has 3 aromatic rings. The second-order valence-electron chi connectivity index (χ2n) is 41.0. The van der Waals surface area contributed by atoms with Crippen LogP contribution in [0.5, 0.6) is 0 Å². The van der Waals surface area contributed by atoms with Crippen LogP contribution in [0.1, 0.15) is 265 Å². The van der Waals surface area contributed by atoms with Crippen molar-refractivity contribution in [3.05, 3.63) is 106 Å².